The summed E-state index contributed by atoms with van der Waals surface area (Å²) in [7, 11) is 0. The molecule has 1 aliphatic rings. The van der Waals surface area contributed by atoms with Gasteiger partial charge in [-0.25, -0.2) is 4.39 Å². The van der Waals surface area contributed by atoms with E-state index in [0.717, 1.165) is 22.2 Å². The van der Waals surface area contributed by atoms with Crippen LogP contribution in [0.3, 0.4) is 0 Å². The summed E-state index contributed by atoms with van der Waals surface area (Å²) in [5.41, 5.74) is 1.31. The zero-order valence-corrected chi connectivity index (χ0v) is 19.1. The third kappa shape index (κ3) is 5.60. The molecule has 1 aromatic heterocycles. The molecule has 170 valence electrons. The Morgan fingerprint density at radius 2 is 1.85 bits per heavy atom. The van der Waals surface area contributed by atoms with Crippen molar-refractivity contribution in [3.05, 3.63) is 66.0 Å². The van der Waals surface area contributed by atoms with Crippen molar-refractivity contribution in [1.29, 1.82) is 0 Å². The molecule has 8 nitrogen and oxygen atoms in total. The fourth-order valence-electron chi connectivity index (χ4n) is 3.23. The van der Waals surface area contributed by atoms with Gasteiger partial charge in [-0.3, -0.25) is 23.9 Å². The number of imide groups is 1. The maximum absolute atomic E-state index is 14.4. The molecule has 0 radical (unpaired) electrons. The Morgan fingerprint density at radius 1 is 1.09 bits per heavy atom. The molecule has 0 unspecified atom stereocenters. The first-order valence-electron chi connectivity index (χ1n) is 10.1. The molecular formula is C22H20FN5O3S2. The standard InChI is InChI=1S/C22H20FN5O3S2/c23-17-9-5-4-8-16(17)20-25-26-21(28(20)12-15-6-2-1-3-7-15)32-13-18(29)24-10-11-27-19(30)14-33-22(27)31/h1-9H,10-14H2,(H,24,29). The predicted octanol–water partition coefficient (Wildman–Crippen LogP) is 3.04. The Morgan fingerprint density at radius 3 is 2.58 bits per heavy atom. The number of aromatic nitrogens is 3. The fraction of sp³-hybridized carbons (Fsp3) is 0.227. The van der Waals surface area contributed by atoms with Crippen LogP contribution in [0.4, 0.5) is 9.18 Å². The third-order valence-corrected chi connectivity index (χ3v) is 6.67. The van der Waals surface area contributed by atoms with Gasteiger partial charge in [-0.15, -0.1) is 10.2 Å². The van der Waals surface area contributed by atoms with Crippen molar-refractivity contribution in [2.24, 2.45) is 0 Å². The summed E-state index contributed by atoms with van der Waals surface area (Å²) in [5.74, 6) is -0.344. The number of nitrogens with zero attached hydrogens (tertiary/aromatic N) is 4. The molecule has 0 atom stereocenters. The number of hydrogen-bond donors (Lipinski definition) is 1. The van der Waals surface area contributed by atoms with Gasteiger partial charge in [0.25, 0.3) is 5.24 Å². The van der Waals surface area contributed by atoms with Gasteiger partial charge in [-0.1, -0.05) is 66.0 Å². The number of carbonyl (C=O) groups excluding carboxylic acids is 3. The smallest absolute Gasteiger partial charge is 0.288 e. The predicted molar refractivity (Wildman–Crippen MR) is 124 cm³/mol. The summed E-state index contributed by atoms with van der Waals surface area (Å²) in [4.78, 5) is 36.7. The Labute approximate surface area is 197 Å². The highest BCUT2D eigenvalue weighted by Gasteiger charge is 2.29. The van der Waals surface area contributed by atoms with Crippen molar-refractivity contribution in [2.45, 2.75) is 11.7 Å². The molecule has 0 bridgehead atoms. The second-order valence-corrected chi connectivity index (χ2v) is 8.97. The van der Waals surface area contributed by atoms with E-state index in [9.17, 15) is 18.8 Å². The Balaban J connectivity index is 1.43. The van der Waals surface area contributed by atoms with E-state index in [1.807, 2.05) is 30.3 Å². The molecular weight excluding hydrogens is 465 g/mol. The van der Waals surface area contributed by atoms with Gasteiger partial charge in [-0.2, -0.15) is 0 Å². The summed E-state index contributed by atoms with van der Waals surface area (Å²) in [6.07, 6.45) is 0. The maximum Gasteiger partial charge on any atom is 0.288 e. The van der Waals surface area contributed by atoms with E-state index in [0.29, 0.717) is 23.1 Å². The first kappa shape index (κ1) is 23.0. The first-order valence-corrected chi connectivity index (χ1v) is 12.1. The molecule has 2 heterocycles. The van der Waals surface area contributed by atoms with Gasteiger partial charge in [-0.05, 0) is 17.7 Å². The van der Waals surface area contributed by atoms with Gasteiger partial charge in [0.2, 0.25) is 11.8 Å². The average molecular weight is 486 g/mol. The zero-order chi connectivity index (χ0) is 23.2. The van der Waals surface area contributed by atoms with Crippen LogP contribution in [0.5, 0.6) is 0 Å². The molecule has 33 heavy (non-hydrogen) atoms. The van der Waals surface area contributed by atoms with Crippen LogP contribution in [0.1, 0.15) is 5.56 Å². The lowest BCUT2D eigenvalue weighted by molar-refractivity contribution is -0.125. The number of nitrogens with one attached hydrogen (secondary N) is 1. The summed E-state index contributed by atoms with van der Waals surface area (Å²) >= 11 is 2.14. The molecule has 1 aliphatic heterocycles. The van der Waals surface area contributed by atoms with E-state index < -0.39 is 5.82 Å². The summed E-state index contributed by atoms with van der Waals surface area (Å²) in [6, 6.07) is 16.0. The van der Waals surface area contributed by atoms with E-state index in [2.05, 4.69) is 15.5 Å². The molecule has 0 saturated carbocycles. The molecule has 3 amide bonds. The molecule has 11 heteroatoms. The van der Waals surface area contributed by atoms with Crippen molar-refractivity contribution in [3.63, 3.8) is 0 Å². The van der Waals surface area contributed by atoms with Gasteiger partial charge in [0.05, 0.1) is 23.6 Å². The van der Waals surface area contributed by atoms with Crippen LogP contribution in [0.25, 0.3) is 11.4 Å². The summed E-state index contributed by atoms with van der Waals surface area (Å²) in [5, 5.41) is 11.3. The number of hydrogen-bond acceptors (Lipinski definition) is 7. The highest BCUT2D eigenvalue weighted by Crippen LogP contribution is 2.27. The minimum Gasteiger partial charge on any atom is -0.354 e. The number of thioether (sulfide) groups is 2. The first-order chi connectivity index (χ1) is 16.0. The number of benzene rings is 2. The molecule has 1 saturated heterocycles. The second kappa shape index (κ2) is 10.6. The summed E-state index contributed by atoms with van der Waals surface area (Å²) in [6.45, 7) is 0.732. The number of carbonyl (C=O) groups is 3. The van der Waals surface area contributed by atoms with Gasteiger partial charge in [0.15, 0.2) is 11.0 Å². The number of rotatable bonds is 9. The monoisotopic (exact) mass is 485 g/mol. The van der Waals surface area contributed by atoms with E-state index in [-0.39, 0.29) is 41.6 Å². The van der Waals surface area contributed by atoms with E-state index >= 15 is 0 Å². The summed E-state index contributed by atoms with van der Waals surface area (Å²) < 4.78 is 16.2. The lowest BCUT2D eigenvalue weighted by Crippen LogP contribution is -2.38. The highest BCUT2D eigenvalue weighted by molar-refractivity contribution is 8.14. The van der Waals surface area contributed by atoms with Gasteiger partial charge in [0.1, 0.15) is 5.82 Å². The van der Waals surface area contributed by atoms with Crippen molar-refractivity contribution < 1.29 is 18.8 Å². The minimum atomic E-state index is -0.405. The van der Waals surface area contributed by atoms with Crippen LogP contribution >= 0.6 is 23.5 Å². The van der Waals surface area contributed by atoms with Gasteiger partial charge < -0.3 is 5.32 Å². The maximum atomic E-state index is 14.4. The van der Waals surface area contributed by atoms with Crippen LogP contribution in [-0.4, -0.2) is 61.3 Å². The lowest BCUT2D eigenvalue weighted by atomic mass is 10.2. The molecule has 3 aromatic rings. The van der Waals surface area contributed by atoms with Gasteiger partial charge in [0, 0.05) is 13.1 Å². The van der Waals surface area contributed by atoms with E-state index in [1.165, 1.54) is 17.8 Å². The molecule has 1 fully saturated rings. The third-order valence-electron chi connectivity index (χ3n) is 4.85. The van der Waals surface area contributed by atoms with Crippen molar-refractivity contribution in [2.75, 3.05) is 24.6 Å². The van der Waals surface area contributed by atoms with Crippen molar-refractivity contribution in [3.8, 4) is 11.4 Å². The highest BCUT2D eigenvalue weighted by atomic mass is 32.2. The quantitative estimate of drug-likeness (QED) is 0.465. The molecule has 2 aromatic carbocycles. The van der Waals surface area contributed by atoms with Crippen LogP contribution in [0.2, 0.25) is 0 Å². The molecule has 0 aliphatic carbocycles. The van der Waals surface area contributed by atoms with Gasteiger partial charge >= 0.3 is 0 Å². The molecule has 0 spiro atoms. The molecule has 4 rings (SSSR count). The Kier molecular flexibility index (Phi) is 7.40. The van der Waals surface area contributed by atoms with Crippen LogP contribution < -0.4 is 5.32 Å². The van der Waals surface area contributed by atoms with Crippen molar-refractivity contribution >= 4 is 40.6 Å². The fourth-order valence-corrected chi connectivity index (χ4v) is 4.75. The SMILES string of the molecule is O=C(CSc1nnc(-c2ccccc2F)n1Cc1ccccc1)NCCN1C(=O)CSC1=O. The van der Waals surface area contributed by atoms with Crippen LogP contribution in [-0.2, 0) is 16.1 Å². The molecule has 1 N–H and O–H groups in total. The zero-order valence-electron chi connectivity index (χ0n) is 17.4. The minimum absolute atomic E-state index is 0.0564. The average Bonchev–Trinajstić information content (AvgIpc) is 3.36. The largest absolute Gasteiger partial charge is 0.354 e. The van der Waals surface area contributed by atoms with Crippen LogP contribution in [0.15, 0.2) is 59.8 Å². The van der Waals surface area contributed by atoms with E-state index in [4.69, 9.17) is 0 Å². The lowest BCUT2D eigenvalue weighted by Gasteiger charge is -2.13. The number of halogens is 1. The normalized spacial score (nSPS) is 13.5. The number of amides is 3. The Hall–Kier alpha value is -3.18. The van der Waals surface area contributed by atoms with Crippen molar-refractivity contribution in [1.82, 2.24) is 25.0 Å². The second-order valence-electron chi connectivity index (χ2n) is 7.10. The van der Waals surface area contributed by atoms with Crippen LogP contribution in [0, 0.1) is 5.82 Å². The topological polar surface area (TPSA) is 97.2 Å². The van der Waals surface area contributed by atoms with E-state index in [1.54, 1.807) is 22.8 Å². The Bertz CT molecular complexity index is 1160.